The molecule has 1 aromatic carbocycles. The molecule has 0 bridgehead atoms. The summed E-state index contributed by atoms with van der Waals surface area (Å²) in [5, 5.41) is 9.57. The maximum Gasteiger partial charge on any atom is 0.348 e. The second kappa shape index (κ2) is 6.52. The zero-order chi connectivity index (χ0) is 17.4. The molecule has 0 unspecified atom stereocenters. The van der Waals surface area contributed by atoms with Crippen LogP contribution in [0.15, 0.2) is 30.3 Å². The highest BCUT2D eigenvalue weighted by Gasteiger charge is 2.25. The molecular formula is C19H20N2O3S. The average molecular weight is 356 g/mol. The van der Waals surface area contributed by atoms with Crippen molar-refractivity contribution < 1.29 is 14.6 Å². The summed E-state index contributed by atoms with van der Waals surface area (Å²) in [6, 6.07) is 9.36. The number of nitrogens with zero attached hydrogens (tertiary/aromatic N) is 2. The summed E-state index contributed by atoms with van der Waals surface area (Å²) in [5.74, 6) is 0.836. The summed E-state index contributed by atoms with van der Waals surface area (Å²) in [5.41, 5.74) is 1.81. The Morgan fingerprint density at radius 3 is 2.64 bits per heavy atom. The highest BCUT2D eigenvalue weighted by Crippen LogP contribution is 2.39. The van der Waals surface area contributed by atoms with Gasteiger partial charge in [0.2, 0.25) is 0 Å². The van der Waals surface area contributed by atoms with E-state index in [2.05, 4.69) is 4.57 Å². The average Bonchev–Trinajstić information content (AvgIpc) is 3.20. The van der Waals surface area contributed by atoms with Gasteiger partial charge in [-0.2, -0.15) is 0 Å². The topological polar surface area (TPSA) is 64.3 Å². The maximum atomic E-state index is 11.9. The molecule has 0 radical (unpaired) electrons. The van der Waals surface area contributed by atoms with Crippen molar-refractivity contribution in [1.82, 2.24) is 9.55 Å². The maximum absolute atomic E-state index is 11.9. The molecule has 3 aromatic rings. The molecule has 5 nitrogen and oxygen atoms in total. The molecule has 25 heavy (non-hydrogen) atoms. The van der Waals surface area contributed by atoms with E-state index in [9.17, 15) is 9.90 Å². The van der Waals surface area contributed by atoms with Crippen molar-refractivity contribution in [2.24, 2.45) is 0 Å². The van der Waals surface area contributed by atoms with Crippen molar-refractivity contribution in [3.8, 4) is 17.1 Å². The molecule has 130 valence electrons. The van der Waals surface area contributed by atoms with Crippen molar-refractivity contribution in [3.05, 3.63) is 35.2 Å². The van der Waals surface area contributed by atoms with Crippen molar-refractivity contribution >= 4 is 27.7 Å². The number of thiophene rings is 1. The quantitative estimate of drug-likeness (QED) is 0.687. The smallest absolute Gasteiger partial charge is 0.348 e. The third-order valence-electron chi connectivity index (χ3n) is 4.82. The molecule has 4 rings (SSSR count). The molecular weight excluding hydrogens is 336 g/mol. The molecule has 2 aromatic heterocycles. The van der Waals surface area contributed by atoms with Gasteiger partial charge >= 0.3 is 5.97 Å². The summed E-state index contributed by atoms with van der Waals surface area (Å²) in [6.07, 6.45) is 5.97. The first-order valence-corrected chi connectivity index (χ1v) is 9.38. The van der Waals surface area contributed by atoms with Crippen LogP contribution >= 0.6 is 11.3 Å². The molecule has 2 heterocycles. The number of aromatic hydroxyl groups is 1. The SMILES string of the molecule is COC(=O)c1cc2nc(-c3ccc(O)cc3)n(C3CCCCC3)c2s1. The van der Waals surface area contributed by atoms with Crippen molar-refractivity contribution in [1.29, 1.82) is 0 Å². The minimum absolute atomic E-state index is 0.245. The zero-order valence-corrected chi connectivity index (χ0v) is 14.9. The van der Waals surface area contributed by atoms with Gasteiger partial charge in [-0.05, 0) is 43.2 Å². The fourth-order valence-electron chi connectivity index (χ4n) is 3.58. The van der Waals surface area contributed by atoms with E-state index in [0.717, 1.165) is 34.6 Å². The van der Waals surface area contributed by atoms with Gasteiger partial charge in [0.05, 0.1) is 7.11 Å². The number of carbonyl (C=O) groups excluding carboxylic acids is 1. The van der Waals surface area contributed by atoms with E-state index in [-0.39, 0.29) is 11.7 Å². The van der Waals surface area contributed by atoms with E-state index in [1.54, 1.807) is 12.1 Å². The van der Waals surface area contributed by atoms with E-state index in [0.29, 0.717) is 10.9 Å². The second-order valence-corrected chi connectivity index (χ2v) is 7.47. The van der Waals surface area contributed by atoms with Gasteiger partial charge in [0.25, 0.3) is 0 Å². The van der Waals surface area contributed by atoms with Gasteiger partial charge in [-0.3, -0.25) is 0 Å². The van der Waals surface area contributed by atoms with E-state index >= 15 is 0 Å². The van der Waals surface area contributed by atoms with Gasteiger partial charge in [0, 0.05) is 11.6 Å². The Morgan fingerprint density at radius 1 is 1.24 bits per heavy atom. The summed E-state index contributed by atoms with van der Waals surface area (Å²) >= 11 is 1.45. The van der Waals surface area contributed by atoms with E-state index in [4.69, 9.17) is 9.72 Å². The first kappa shape index (κ1) is 16.1. The van der Waals surface area contributed by atoms with Crippen LogP contribution in [0, 0.1) is 0 Å². The number of hydrogen-bond acceptors (Lipinski definition) is 5. The molecule has 1 aliphatic carbocycles. The fourth-order valence-corrected chi connectivity index (χ4v) is 4.67. The first-order chi connectivity index (χ1) is 12.2. The Hall–Kier alpha value is -2.34. The van der Waals surface area contributed by atoms with Gasteiger partial charge in [0.1, 0.15) is 26.8 Å². The lowest BCUT2D eigenvalue weighted by Gasteiger charge is -2.25. The molecule has 0 spiro atoms. The highest BCUT2D eigenvalue weighted by atomic mass is 32.1. The number of fused-ring (bicyclic) bond motifs is 1. The Kier molecular flexibility index (Phi) is 4.21. The molecule has 0 atom stereocenters. The lowest BCUT2D eigenvalue weighted by Crippen LogP contribution is -2.13. The number of esters is 1. The van der Waals surface area contributed by atoms with Gasteiger partial charge in [-0.1, -0.05) is 19.3 Å². The highest BCUT2D eigenvalue weighted by molar-refractivity contribution is 7.20. The van der Waals surface area contributed by atoms with E-state index in [1.807, 2.05) is 18.2 Å². The predicted molar refractivity (Wildman–Crippen MR) is 98.2 cm³/mol. The normalized spacial score (nSPS) is 15.6. The standard InChI is InChI=1S/C19H20N2O3S/c1-24-19(23)16-11-15-18(25-16)21(13-5-3-2-4-6-13)17(20-15)12-7-9-14(22)10-8-12/h7-11,13,22H,2-6H2,1H3. The van der Waals surface area contributed by atoms with Crippen molar-refractivity contribution in [2.75, 3.05) is 7.11 Å². The Bertz CT molecular complexity index is 905. The third kappa shape index (κ3) is 2.91. The van der Waals surface area contributed by atoms with Crippen LogP contribution < -0.4 is 0 Å². The summed E-state index contributed by atoms with van der Waals surface area (Å²) < 4.78 is 7.14. The number of hydrogen-bond donors (Lipinski definition) is 1. The Morgan fingerprint density at radius 2 is 1.96 bits per heavy atom. The van der Waals surface area contributed by atoms with Crippen LogP contribution in [-0.2, 0) is 4.74 Å². The van der Waals surface area contributed by atoms with Gasteiger partial charge in [-0.15, -0.1) is 11.3 Å². The van der Waals surface area contributed by atoms with Crippen molar-refractivity contribution in [2.45, 2.75) is 38.1 Å². The summed E-state index contributed by atoms with van der Waals surface area (Å²) in [6.45, 7) is 0. The van der Waals surface area contributed by atoms with Crippen LogP contribution in [0.4, 0.5) is 0 Å². The molecule has 1 N–H and O–H groups in total. The molecule has 0 amide bonds. The van der Waals surface area contributed by atoms with Crippen LogP contribution in [0.1, 0.15) is 47.8 Å². The van der Waals surface area contributed by atoms with E-state index in [1.165, 1.54) is 37.7 Å². The fraction of sp³-hybridized carbons (Fsp3) is 0.368. The third-order valence-corrected chi connectivity index (χ3v) is 5.92. The Balaban J connectivity index is 1.87. The molecule has 0 saturated heterocycles. The Labute approximate surface area is 149 Å². The molecule has 1 fully saturated rings. The summed E-state index contributed by atoms with van der Waals surface area (Å²) in [4.78, 5) is 18.3. The minimum Gasteiger partial charge on any atom is -0.508 e. The number of ether oxygens (including phenoxy) is 1. The number of rotatable bonds is 3. The number of phenols is 1. The van der Waals surface area contributed by atoms with Crippen molar-refractivity contribution in [3.63, 3.8) is 0 Å². The number of methoxy groups -OCH3 is 1. The lowest BCUT2D eigenvalue weighted by atomic mass is 9.95. The van der Waals surface area contributed by atoms with Crippen LogP contribution in [-0.4, -0.2) is 27.7 Å². The minimum atomic E-state index is -0.315. The molecule has 6 heteroatoms. The monoisotopic (exact) mass is 356 g/mol. The number of aromatic nitrogens is 2. The molecule has 0 aliphatic heterocycles. The van der Waals surface area contributed by atoms with Gasteiger partial charge in [-0.25, -0.2) is 9.78 Å². The predicted octanol–water partition coefficient (Wildman–Crippen LogP) is 4.76. The van der Waals surface area contributed by atoms with Crippen LogP contribution in [0.3, 0.4) is 0 Å². The molecule has 1 saturated carbocycles. The van der Waals surface area contributed by atoms with Crippen LogP contribution in [0.2, 0.25) is 0 Å². The van der Waals surface area contributed by atoms with E-state index < -0.39 is 0 Å². The van der Waals surface area contributed by atoms with Crippen LogP contribution in [0.5, 0.6) is 5.75 Å². The summed E-state index contributed by atoms with van der Waals surface area (Å²) in [7, 11) is 1.40. The largest absolute Gasteiger partial charge is 0.508 e. The second-order valence-electron chi connectivity index (χ2n) is 6.44. The number of carbonyl (C=O) groups is 1. The zero-order valence-electron chi connectivity index (χ0n) is 14.1. The van der Waals surface area contributed by atoms with Crippen LogP contribution in [0.25, 0.3) is 21.7 Å². The number of benzene rings is 1. The number of phenolic OH excluding ortho intramolecular Hbond substituents is 1. The van der Waals surface area contributed by atoms with Gasteiger partial charge in [0.15, 0.2) is 0 Å². The first-order valence-electron chi connectivity index (χ1n) is 8.57. The lowest BCUT2D eigenvalue weighted by molar-refractivity contribution is 0.0606. The van der Waals surface area contributed by atoms with Gasteiger partial charge < -0.3 is 14.4 Å². The molecule has 1 aliphatic rings. The number of imidazole rings is 1.